The molecule has 0 spiro atoms. The molecule has 1 fully saturated rings. The number of rotatable bonds is 5. The van der Waals surface area contributed by atoms with Gasteiger partial charge in [-0.3, -0.25) is 0 Å². The zero-order valence-electron chi connectivity index (χ0n) is 10.5. The highest BCUT2D eigenvalue weighted by molar-refractivity contribution is 9.10. The summed E-state index contributed by atoms with van der Waals surface area (Å²) in [4.78, 5) is 3.92. The van der Waals surface area contributed by atoms with Gasteiger partial charge in [-0.1, -0.05) is 28.1 Å². The van der Waals surface area contributed by atoms with Crippen molar-refractivity contribution in [2.75, 3.05) is 4.90 Å². The number of hydrogen-bond donors (Lipinski definition) is 0. The van der Waals surface area contributed by atoms with Crippen molar-refractivity contribution < 1.29 is 0 Å². The van der Waals surface area contributed by atoms with E-state index in [0.29, 0.717) is 11.9 Å². The van der Waals surface area contributed by atoms with Crippen LogP contribution in [0.5, 0.6) is 0 Å². The van der Waals surface area contributed by atoms with E-state index in [-0.39, 0.29) is 0 Å². The second-order valence-electron chi connectivity index (χ2n) is 4.85. The molecule has 4 heteroatoms. The van der Waals surface area contributed by atoms with E-state index in [0.717, 1.165) is 11.0 Å². The predicted octanol–water partition coefficient (Wildman–Crippen LogP) is 5.42. The topological polar surface area (TPSA) is 3.24 Å². The molecule has 0 aliphatic heterocycles. The first kappa shape index (κ1) is 13.5. The van der Waals surface area contributed by atoms with E-state index < -0.39 is 0 Å². The van der Waals surface area contributed by atoms with E-state index in [1.807, 2.05) is 11.3 Å². The lowest BCUT2D eigenvalue weighted by Crippen LogP contribution is -2.25. The van der Waals surface area contributed by atoms with Crippen molar-refractivity contribution in [2.45, 2.75) is 31.3 Å². The quantitative estimate of drug-likeness (QED) is 0.647. The maximum atomic E-state index is 6.10. The molecule has 0 amide bonds. The highest BCUT2D eigenvalue weighted by Gasteiger charge is 2.30. The summed E-state index contributed by atoms with van der Waals surface area (Å²) in [5, 5.41) is 2.14. The van der Waals surface area contributed by atoms with Gasteiger partial charge in [0.25, 0.3) is 0 Å². The highest BCUT2D eigenvalue weighted by Crippen LogP contribution is 2.37. The Bertz CT molecular complexity index is 551. The summed E-state index contributed by atoms with van der Waals surface area (Å²) in [7, 11) is 0. The second-order valence-corrected chi connectivity index (χ2v) is 7.06. The Morgan fingerprint density at radius 1 is 1.32 bits per heavy atom. The van der Waals surface area contributed by atoms with Gasteiger partial charge in [-0.2, -0.15) is 0 Å². The Balaban J connectivity index is 1.93. The first-order valence-electron chi connectivity index (χ1n) is 6.41. The molecule has 1 aliphatic carbocycles. The van der Waals surface area contributed by atoms with Crippen LogP contribution in [0.15, 0.2) is 40.2 Å². The minimum absolute atomic E-state index is 0.566. The SMILES string of the molecule is ClCc1ccc(Br)cc1N(Cc1cccs1)C1CC1. The van der Waals surface area contributed by atoms with Gasteiger partial charge in [0.15, 0.2) is 0 Å². The van der Waals surface area contributed by atoms with E-state index in [9.17, 15) is 0 Å². The third kappa shape index (κ3) is 3.15. The maximum absolute atomic E-state index is 6.10. The molecule has 0 radical (unpaired) electrons. The molecule has 2 aromatic rings. The lowest BCUT2D eigenvalue weighted by atomic mass is 10.1. The molecule has 1 aromatic carbocycles. The van der Waals surface area contributed by atoms with Crippen LogP contribution < -0.4 is 4.90 Å². The Morgan fingerprint density at radius 2 is 2.16 bits per heavy atom. The summed E-state index contributed by atoms with van der Waals surface area (Å²) in [5.74, 6) is 0.566. The van der Waals surface area contributed by atoms with Gasteiger partial charge in [-0.25, -0.2) is 0 Å². The molecule has 19 heavy (non-hydrogen) atoms. The van der Waals surface area contributed by atoms with Crippen molar-refractivity contribution in [1.29, 1.82) is 0 Å². The molecular weight excluding hydrogens is 342 g/mol. The van der Waals surface area contributed by atoms with Crippen molar-refractivity contribution in [3.05, 3.63) is 50.6 Å². The van der Waals surface area contributed by atoms with Crippen LogP contribution in [0.25, 0.3) is 0 Å². The Hall–Kier alpha value is -0.510. The predicted molar refractivity (Wildman–Crippen MR) is 87.2 cm³/mol. The first-order chi connectivity index (χ1) is 9.28. The second kappa shape index (κ2) is 5.86. The Morgan fingerprint density at radius 3 is 2.79 bits per heavy atom. The average Bonchev–Trinajstić information content (AvgIpc) is 3.13. The summed E-state index contributed by atoms with van der Waals surface area (Å²) in [6.45, 7) is 0.989. The van der Waals surface area contributed by atoms with Crippen molar-refractivity contribution in [3.8, 4) is 0 Å². The number of anilines is 1. The number of alkyl halides is 1. The van der Waals surface area contributed by atoms with Crippen molar-refractivity contribution in [3.63, 3.8) is 0 Å². The minimum Gasteiger partial charge on any atom is -0.363 e. The van der Waals surface area contributed by atoms with Crippen molar-refractivity contribution >= 4 is 44.6 Å². The van der Waals surface area contributed by atoms with Gasteiger partial charge in [0.2, 0.25) is 0 Å². The van der Waals surface area contributed by atoms with Gasteiger partial charge in [-0.05, 0) is 42.0 Å². The van der Waals surface area contributed by atoms with Crippen molar-refractivity contribution in [1.82, 2.24) is 0 Å². The molecule has 0 unspecified atom stereocenters. The third-order valence-corrected chi connectivity index (χ3v) is 5.04. The zero-order valence-corrected chi connectivity index (χ0v) is 13.6. The van der Waals surface area contributed by atoms with Gasteiger partial charge in [0.1, 0.15) is 0 Å². The smallest absolute Gasteiger partial charge is 0.0526 e. The number of halogens is 2. The summed E-state index contributed by atoms with van der Waals surface area (Å²) in [6.07, 6.45) is 2.58. The van der Waals surface area contributed by atoms with Gasteiger partial charge >= 0.3 is 0 Å². The van der Waals surface area contributed by atoms with Crippen molar-refractivity contribution in [2.24, 2.45) is 0 Å². The molecule has 100 valence electrons. The molecular formula is C15H15BrClNS. The molecule has 1 heterocycles. The fourth-order valence-electron chi connectivity index (χ4n) is 2.28. The molecule has 1 nitrogen and oxygen atoms in total. The van der Waals surface area contributed by atoms with E-state index in [1.165, 1.54) is 29.0 Å². The molecule has 1 aliphatic rings. The lowest BCUT2D eigenvalue weighted by molar-refractivity contribution is 0.799. The van der Waals surface area contributed by atoms with Gasteiger partial charge in [0, 0.05) is 27.0 Å². The van der Waals surface area contributed by atoms with Gasteiger partial charge in [-0.15, -0.1) is 22.9 Å². The first-order valence-corrected chi connectivity index (χ1v) is 8.62. The van der Waals surface area contributed by atoms with E-state index in [1.54, 1.807) is 0 Å². The van der Waals surface area contributed by atoms with E-state index in [2.05, 4.69) is 56.5 Å². The van der Waals surface area contributed by atoms with Crippen LogP contribution >= 0.6 is 38.9 Å². The van der Waals surface area contributed by atoms with Crippen LogP contribution in [0.4, 0.5) is 5.69 Å². The fourth-order valence-corrected chi connectivity index (χ4v) is 3.56. The Labute approximate surface area is 131 Å². The van der Waals surface area contributed by atoms with Crippen LogP contribution in [-0.2, 0) is 12.4 Å². The number of nitrogens with zero attached hydrogens (tertiary/aromatic N) is 1. The molecule has 1 saturated carbocycles. The molecule has 0 saturated heterocycles. The number of hydrogen-bond acceptors (Lipinski definition) is 2. The number of thiophene rings is 1. The average molecular weight is 357 g/mol. The molecule has 0 atom stereocenters. The van der Waals surface area contributed by atoms with Crippen LogP contribution in [-0.4, -0.2) is 6.04 Å². The van der Waals surface area contributed by atoms with Crippen LogP contribution in [0.1, 0.15) is 23.3 Å². The highest BCUT2D eigenvalue weighted by atomic mass is 79.9. The largest absolute Gasteiger partial charge is 0.363 e. The summed E-state index contributed by atoms with van der Waals surface area (Å²) in [5.41, 5.74) is 2.49. The van der Waals surface area contributed by atoms with Crippen LogP contribution in [0.2, 0.25) is 0 Å². The molecule has 0 N–H and O–H groups in total. The standard InChI is InChI=1S/C15H15BrClNS/c16-12-4-3-11(9-17)15(8-12)18(13-5-6-13)10-14-2-1-7-19-14/h1-4,7-8,13H,5-6,9-10H2. The summed E-state index contributed by atoms with van der Waals surface area (Å²) >= 11 is 11.5. The number of benzene rings is 1. The zero-order chi connectivity index (χ0) is 13.2. The Kier molecular flexibility index (Phi) is 4.15. The normalized spacial score (nSPS) is 14.6. The fraction of sp³-hybridized carbons (Fsp3) is 0.333. The molecule has 0 bridgehead atoms. The summed E-state index contributed by atoms with van der Waals surface area (Å²) in [6, 6.07) is 11.4. The van der Waals surface area contributed by atoms with Gasteiger partial charge < -0.3 is 4.90 Å². The summed E-state index contributed by atoms with van der Waals surface area (Å²) < 4.78 is 1.12. The molecule has 1 aromatic heterocycles. The minimum atomic E-state index is 0.566. The molecule has 3 rings (SSSR count). The lowest BCUT2D eigenvalue weighted by Gasteiger charge is -2.26. The maximum Gasteiger partial charge on any atom is 0.0526 e. The third-order valence-electron chi connectivity index (χ3n) is 3.39. The van der Waals surface area contributed by atoms with Gasteiger partial charge in [0.05, 0.1) is 6.54 Å². The van der Waals surface area contributed by atoms with Crippen LogP contribution in [0, 0.1) is 0 Å². The van der Waals surface area contributed by atoms with Crippen LogP contribution in [0.3, 0.4) is 0 Å². The van der Waals surface area contributed by atoms with E-state index >= 15 is 0 Å². The van der Waals surface area contributed by atoms with E-state index in [4.69, 9.17) is 11.6 Å². The monoisotopic (exact) mass is 355 g/mol.